The van der Waals surface area contributed by atoms with Crippen LogP contribution < -0.4 is 9.47 Å². The Morgan fingerprint density at radius 3 is 1.42 bits per heavy atom. The second-order valence-corrected chi connectivity index (χ2v) is 8.07. The molecule has 4 heteroatoms. The topological polar surface area (TPSA) is 18.5 Å². The maximum atomic E-state index is 5.64. The number of rotatable bonds is 9. The van der Waals surface area contributed by atoms with E-state index in [0.29, 0.717) is 10.5 Å². The summed E-state index contributed by atoms with van der Waals surface area (Å²) in [5, 5.41) is 0.625. The number of methoxy groups -OCH3 is 2. The molecule has 0 amide bonds. The lowest BCUT2D eigenvalue weighted by atomic mass is 10.0. The van der Waals surface area contributed by atoms with Crippen LogP contribution >= 0.6 is 23.5 Å². The molecule has 0 saturated heterocycles. The third-order valence-electron chi connectivity index (χ3n) is 3.86. The first kappa shape index (κ1) is 19.1. The molecule has 0 aliphatic heterocycles. The molecule has 2 rings (SSSR count). The molecule has 2 atom stereocenters. The number of para-hydroxylation sites is 2. The van der Waals surface area contributed by atoms with Crippen molar-refractivity contribution in [2.75, 3.05) is 25.7 Å². The summed E-state index contributed by atoms with van der Waals surface area (Å²) >= 11 is 3.93. The second-order valence-electron chi connectivity index (χ2n) is 5.24. The van der Waals surface area contributed by atoms with E-state index in [4.69, 9.17) is 9.47 Å². The zero-order valence-corrected chi connectivity index (χ0v) is 16.5. The molecule has 0 aliphatic carbocycles. The first-order valence-corrected chi connectivity index (χ1v) is 10.4. The fraction of sp³-hybridized carbons (Fsp3) is 0.400. The van der Waals surface area contributed by atoms with Gasteiger partial charge in [0.05, 0.1) is 14.2 Å². The van der Waals surface area contributed by atoms with E-state index in [1.807, 2.05) is 35.7 Å². The van der Waals surface area contributed by atoms with Crippen LogP contribution in [0.4, 0.5) is 0 Å². The lowest BCUT2D eigenvalue weighted by molar-refractivity contribution is 0.405. The van der Waals surface area contributed by atoms with Crippen LogP contribution in [0.2, 0.25) is 0 Å². The molecule has 2 aromatic carbocycles. The molecule has 0 aromatic heterocycles. The molecule has 0 fully saturated rings. The van der Waals surface area contributed by atoms with Gasteiger partial charge >= 0.3 is 0 Å². The minimum absolute atomic E-state index is 0.312. The fourth-order valence-electron chi connectivity index (χ4n) is 2.84. The first-order valence-electron chi connectivity index (χ1n) is 8.25. The number of hydrogen-bond acceptors (Lipinski definition) is 4. The van der Waals surface area contributed by atoms with E-state index in [2.05, 4.69) is 50.2 Å². The maximum absolute atomic E-state index is 5.64. The SMILES string of the molecule is CCS[C@@H](c1ccccc1OC)[C@@H](SCC)c1ccccc1OC. The van der Waals surface area contributed by atoms with Crippen molar-refractivity contribution < 1.29 is 9.47 Å². The quantitative estimate of drug-likeness (QED) is 0.545. The van der Waals surface area contributed by atoms with Crippen LogP contribution in [0.15, 0.2) is 48.5 Å². The van der Waals surface area contributed by atoms with Crippen molar-refractivity contribution in [3.63, 3.8) is 0 Å². The van der Waals surface area contributed by atoms with Gasteiger partial charge in [-0.1, -0.05) is 50.2 Å². The Hall–Kier alpha value is -1.26. The predicted octanol–water partition coefficient (Wildman–Crippen LogP) is 5.99. The first-order chi connectivity index (χ1) is 11.8. The van der Waals surface area contributed by atoms with Crippen LogP contribution in [-0.4, -0.2) is 25.7 Å². The predicted molar refractivity (Wildman–Crippen MR) is 108 cm³/mol. The fourth-order valence-corrected chi connectivity index (χ4v) is 5.42. The molecular weight excluding hydrogens is 336 g/mol. The van der Waals surface area contributed by atoms with Gasteiger partial charge in [0, 0.05) is 21.6 Å². The molecule has 24 heavy (non-hydrogen) atoms. The Bertz CT molecular complexity index is 575. The van der Waals surface area contributed by atoms with Crippen LogP contribution in [0.25, 0.3) is 0 Å². The van der Waals surface area contributed by atoms with Gasteiger partial charge in [-0.3, -0.25) is 0 Å². The minimum atomic E-state index is 0.312. The Balaban J connectivity index is 2.51. The Labute approximate surface area is 154 Å². The van der Waals surface area contributed by atoms with E-state index in [0.717, 1.165) is 23.0 Å². The molecule has 0 N–H and O–H groups in total. The van der Waals surface area contributed by atoms with E-state index in [1.54, 1.807) is 14.2 Å². The van der Waals surface area contributed by atoms with Crippen LogP contribution in [0.5, 0.6) is 11.5 Å². The van der Waals surface area contributed by atoms with Crippen molar-refractivity contribution in [3.8, 4) is 11.5 Å². The van der Waals surface area contributed by atoms with Gasteiger partial charge in [-0.2, -0.15) is 23.5 Å². The molecule has 0 unspecified atom stereocenters. The van der Waals surface area contributed by atoms with Crippen LogP contribution in [-0.2, 0) is 0 Å². The van der Waals surface area contributed by atoms with Gasteiger partial charge < -0.3 is 9.47 Å². The summed E-state index contributed by atoms with van der Waals surface area (Å²) in [6.45, 7) is 4.42. The smallest absolute Gasteiger partial charge is 0.123 e. The largest absolute Gasteiger partial charge is 0.496 e. The van der Waals surface area contributed by atoms with Gasteiger partial charge in [-0.15, -0.1) is 0 Å². The van der Waals surface area contributed by atoms with Crippen molar-refractivity contribution in [1.82, 2.24) is 0 Å². The third kappa shape index (κ3) is 4.42. The highest BCUT2D eigenvalue weighted by Crippen LogP contribution is 2.52. The van der Waals surface area contributed by atoms with E-state index in [1.165, 1.54) is 11.1 Å². The zero-order valence-electron chi connectivity index (χ0n) is 14.8. The van der Waals surface area contributed by atoms with Crippen molar-refractivity contribution >= 4 is 23.5 Å². The summed E-state index contributed by atoms with van der Waals surface area (Å²) in [5.41, 5.74) is 2.51. The van der Waals surface area contributed by atoms with E-state index < -0.39 is 0 Å². The maximum Gasteiger partial charge on any atom is 0.123 e. The molecule has 0 bridgehead atoms. The van der Waals surface area contributed by atoms with Crippen LogP contribution in [0, 0.1) is 0 Å². The minimum Gasteiger partial charge on any atom is -0.496 e. The monoisotopic (exact) mass is 362 g/mol. The van der Waals surface area contributed by atoms with E-state index in [-0.39, 0.29) is 0 Å². The highest BCUT2D eigenvalue weighted by Gasteiger charge is 2.29. The highest BCUT2D eigenvalue weighted by molar-refractivity contribution is 8.03. The van der Waals surface area contributed by atoms with Crippen molar-refractivity contribution in [3.05, 3.63) is 59.7 Å². The molecule has 0 spiro atoms. The molecule has 0 aliphatic rings. The average Bonchev–Trinajstić information content (AvgIpc) is 2.64. The molecule has 0 heterocycles. The summed E-state index contributed by atoms with van der Waals surface area (Å²) in [4.78, 5) is 0. The van der Waals surface area contributed by atoms with Gasteiger partial charge in [-0.25, -0.2) is 0 Å². The number of benzene rings is 2. The van der Waals surface area contributed by atoms with Crippen LogP contribution in [0.1, 0.15) is 35.5 Å². The van der Waals surface area contributed by atoms with Gasteiger partial charge in [0.25, 0.3) is 0 Å². The summed E-state index contributed by atoms with van der Waals surface area (Å²) in [7, 11) is 3.50. The lowest BCUT2D eigenvalue weighted by Gasteiger charge is -2.29. The molecule has 130 valence electrons. The standard InChI is InChI=1S/C20H26O2S2/c1-5-23-19(15-11-7-9-13-17(15)21-3)20(24-6-2)16-12-8-10-14-18(16)22-4/h7-14,19-20H,5-6H2,1-4H3/t19-,20-/m0/s1. The Morgan fingerprint density at radius 2 is 1.08 bits per heavy atom. The zero-order chi connectivity index (χ0) is 17.4. The van der Waals surface area contributed by atoms with Gasteiger partial charge in [0.2, 0.25) is 0 Å². The summed E-state index contributed by atoms with van der Waals surface area (Å²) < 4.78 is 11.3. The number of ether oxygens (including phenoxy) is 2. The molecule has 0 radical (unpaired) electrons. The molecular formula is C20H26O2S2. The van der Waals surface area contributed by atoms with Crippen molar-refractivity contribution in [1.29, 1.82) is 0 Å². The van der Waals surface area contributed by atoms with Gasteiger partial charge in [0.15, 0.2) is 0 Å². The normalized spacial score (nSPS) is 13.3. The molecule has 2 nitrogen and oxygen atoms in total. The van der Waals surface area contributed by atoms with Crippen LogP contribution in [0.3, 0.4) is 0 Å². The number of hydrogen-bond donors (Lipinski definition) is 0. The van der Waals surface area contributed by atoms with Crippen molar-refractivity contribution in [2.45, 2.75) is 24.3 Å². The highest BCUT2D eigenvalue weighted by atomic mass is 32.2. The lowest BCUT2D eigenvalue weighted by Crippen LogP contribution is -2.09. The third-order valence-corrected chi connectivity index (χ3v) is 6.47. The van der Waals surface area contributed by atoms with E-state index in [9.17, 15) is 0 Å². The average molecular weight is 363 g/mol. The Kier molecular flexibility index (Phi) is 7.86. The summed E-state index contributed by atoms with van der Waals surface area (Å²) in [6, 6.07) is 16.7. The van der Waals surface area contributed by atoms with Gasteiger partial charge in [0.1, 0.15) is 11.5 Å². The summed E-state index contributed by atoms with van der Waals surface area (Å²) in [5.74, 6) is 4.03. The van der Waals surface area contributed by atoms with Gasteiger partial charge in [-0.05, 0) is 23.6 Å². The molecule has 0 saturated carbocycles. The van der Waals surface area contributed by atoms with Crippen molar-refractivity contribution in [2.24, 2.45) is 0 Å². The molecule has 2 aromatic rings. The second kappa shape index (κ2) is 9.90. The summed E-state index contributed by atoms with van der Waals surface area (Å²) in [6.07, 6.45) is 0. The van der Waals surface area contributed by atoms with E-state index >= 15 is 0 Å². The number of thioether (sulfide) groups is 2. The Morgan fingerprint density at radius 1 is 0.708 bits per heavy atom.